The second kappa shape index (κ2) is 8.30. The number of non-ortho nitro benzene ring substituents is 1. The molecule has 2 aromatic carbocycles. The fourth-order valence-corrected chi connectivity index (χ4v) is 3.81. The number of fused-ring (bicyclic) bond motifs is 1. The van der Waals surface area contributed by atoms with Gasteiger partial charge in [-0.3, -0.25) is 19.7 Å². The average molecular weight is 416 g/mol. The third-order valence-electron chi connectivity index (χ3n) is 5.20. The molecule has 0 atom stereocenters. The van der Waals surface area contributed by atoms with E-state index in [0.717, 1.165) is 30.3 Å². The number of nitro benzene ring substituents is 1. The molecule has 2 aromatic heterocycles. The van der Waals surface area contributed by atoms with E-state index in [-0.39, 0.29) is 11.4 Å². The minimum atomic E-state index is -0.535. The lowest BCUT2D eigenvalue weighted by Crippen LogP contribution is -2.15. The summed E-state index contributed by atoms with van der Waals surface area (Å²) in [5.41, 5.74) is 7.41. The van der Waals surface area contributed by atoms with E-state index in [2.05, 4.69) is 15.6 Å². The average Bonchev–Trinajstić information content (AvgIpc) is 3.31. The van der Waals surface area contributed by atoms with Gasteiger partial charge in [-0.25, -0.2) is 4.79 Å². The number of imidazole rings is 1. The molecule has 3 N–H and O–H groups in total. The van der Waals surface area contributed by atoms with E-state index >= 15 is 0 Å². The summed E-state index contributed by atoms with van der Waals surface area (Å²) in [6.07, 6.45) is 3.69. The van der Waals surface area contributed by atoms with Crippen molar-refractivity contribution in [2.24, 2.45) is 5.73 Å². The van der Waals surface area contributed by atoms with E-state index in [0.29, 0.717) is 23.5 Å². The monoisotopic (exact) mass is 416 g/mol. The lowest BCUT2D eigenvalue weighted by molar-refractivity contribution is -0.384. The van der Waals surface area contributed by atoms with E-state index in [4.69, 9.17) is 5.73 Å². The van der Waals surface area contributed by atoms with Crippen molar-refractivity contribution >= 4 is 16.6 Å². The van der Waals surface area contributed by atoms with Gasteiger partial charge in [0.25, 0.3) is 5.69 Å². The molecule has 2 heterocycles. The number of nitrogens with zero attached hydrogens (tertiary/aromatic N) is 4. The Morgan fingerprint density at radius 1 is 1.16 bits per heavy atom. The van der Waals surface area contributed by atoms with E-state index in [1.807, 2.05) is 30.5 Å². The smallest absolute Gasteiger partial charge is 0.331 e. The summed E-state index contributed by atoms with van der Waals surface area (Å²) in [5, 5.41) is 21.8. The zero-order valence-electron chi connectivity index (χ0n) is 16.6. The molecular formula is C22H20N6O3. The van der Waals surface area contributed by atoms with Crippen molar-refractivity contribution in [1.29, 1.82) is 5.26 Å². The molecule has 0 unspecified atom stereocenters. The number of aromatic amines is 1. The summed E-state index contributed by atoms with van der Waals surface area (Å²) in [6, 6.07) is 15.6. The normalized spacial score (nSPS) is 11.0. The molecule has 156 valence electrons. The fourth-order valence-electron chi connectivity index (χ4n) is 3.81. The Labute approximate surface area is 177 Å². The largest absolute Gasteiger partial charge is 0.347 e. The second-order valence-electron chi connectivity index (χ2n) is 7.13. The number of hydrogen-bond donors (Lipinski definition) is 2. The number of para-hydroxylation sites is 1. The highest BCUT2D eigenvalue weighted by atomic mass is 16.6. The van der Waals surface area contributed by atoms with Gasteiger partial charge >= 0.3 is 5.69 Å². The Hall–Kier alpha value is -4.16. The molecule has 0 saturated carbocycles. The van der Waals surface area contributed by atoms with Gasteiger partial charge in [0.15, 0.2) is 0 Å². The van der Waals surface area contributed by atoms with Crippen molar-refractivity contribution in [3.63, 3.8) is 0 Å². The van der Waals surface area contributed by atoms with Gasteiger partial charge < -0.3 is 10.3 Å². The summed E-state index contributed by atoms with van der Waals surface area (Å²) in [7, 11) is 0. The van der Waals surface area contributed by atoms with Crippen LogP contribution in [0.5, 0.6) is 0 Å². The number of rotatable bonds is 7. The molecule has 0 radical (unpaired) electrons. The highest BCUT2D eigenvalue weighted by Crippen LogP contribution is 2.33. The first kappa shape index (κ1) is 20.1. The standard InChI is InChI=1S/C22H20N6O3/c23-10-3-4-11-26-14-18(17-8-1-2-9-20(17)26)21-19(13-24)25-22(29)27(21)15-6-5-7-16(12-15)28(30)31/h1-2,5-9,12,14H,3-4,10-11,23H2,(H,25,29). The van der Waals surface area contributed by atoms with Crippen LogP contribution in [0, 0.1) is 21.4 Å². The predicted molar refractivity (Wildman–Crippen MR) is 117 cm³/mol. The van der Waals surface area contributed by atoms with Crippen molar-refractivity contribution in [3.05, 3.63) is 81.0 Å². The molecule has 9 nitrogen and oxygen atoms in total. The van der Waals surface area contributed by atoms with Gasteiger partial charge in [-0.15, -0.1) is 0 Å². The summed E-state index contributed by atoms with van der Waals surface area (Å²) >= 11 is 0. The third-order valence-corrected chi connectivity index (χ3v) is 5.20. The molecule has 9 heteroatoms. The topological polar surface area (TPSA) is 136 Å². The number of aromatic nitrogens is 3. The molecule has 0 aliphatic carbocycles. The minimum Gasteiger partial charge on any atom is -0.347 e. The molecule has 0 saturated heterocycles. The summed E-state index contributed by atoms with van der Waals surface area (Å²) in [6.45, 7) is 1.35. The van der Waals surface area contributed by atoms with E-state index in [1.165, 1.54) is 22.8 Å². The van der Waals surface area contributed by atoms with Gasteiger partial charge in [-0.1, -0.05) is 24.3 Å². The van der Waals surface area contributed by atoms with Gasteiger partial charge in [0.05, 0.1) is 16.3 Å². The molecule has 4 rings (SSSR count). The van der Waals surface area contributed by atoms with Crippen LogP contribution in [-0.2, 0) is 6.54 Å². The van der Waals surface area contributed by atoms with Crippen molar-refractivity contribution in [2.75, 3.05) is 6.54 Å². The molecule has 0 aliphatic rings. The van der Waals surface area contributed by atoms with E-state index in [1.54, 1.807) is 6.07 Å². The van der Waals surface area contributed by atoms with Gasteiger partial charge in [0.2, 0.25) is 0 Å². The van der Waals surface area contributed by atoms with Gasteiger partial charge in [0.1, 0.15) is 11.8 Å². The fraction of sp³-hybridized carbons (Fsp3) is 0.182. The van der Waals surface area contributed by atoms with Gasteiger partial charge in [-0.2, -0.15) is 5.26 Å². The molecular weight excluding hydrogens is 396 g/mol. The van der Waals surface area contributed by atoms with Gasteiger partial charge in [-0.05, 0) is 31.5 Å². The van der Waals surface area contributed by atoms with Crippen LogP contribution in [-0.4, -0.2) is 25.6 Å². The van der Waals surface area contributed by atoms with E-state index < -0.39 is 10.6 Å². The van der Waals surface area contributed by atoms with Crippen LogP contribution >= 0.6 is 0 Å². The Morgan fingerprint density at radius 3 is 2.71 bits per heavy atom. The highest BCUT2D eigenvalue weighted by Gasteiger charge is 2.22. The van der Waals surface area contributed by atoms with Crippen molar-refractivity contribution < 1.29 is 4.92 Å². The summed E-state index contributed by atoms with van der Waals surface area (Å²) in [5.74, 6) is 0. The first-order chi connectivity index (χ1) is 15.0. The van der Waals surface area contributed by atoms with Crippen molar-refractivity contribution in [3.8, 4) is 23.0 Å². The number of nitrogens with one attached hydrogen (secondary N) is 1. The molecule has 0 fully saturated rings. The maximum Gasteiger partial charge on any atom is 0.331 e. The lowest BCUT2D eigenvalue weighted by atomic mass is 10.1. The van der Waals surface area contributed by atoms with Crippen LogP contribution in [0.25, 0.3) is 27.8 Å². The summed E-state index contributed by atoms with van der Waals surface area (Å²) in [4.78, 5) is 26.1. The quantitative estimate of drug-likeness (QED) is 0.271. The van der Waals surface area contributed by atoms with Crippen LogP contribution in [0.15, 0.2) is 59.5 Å². The lowest BCUT2D eigenvalue weighted by Gasteiger charge is -2.07. The van der Waals surface area contributed by atoms with Gasteiger partial charge in [0, 0.05) is 41.3 Å². The highest BCUT2D eigenvalue weighted by molar-refractivity contribution is 5.96. The maximum atomic E-state index is 12.8. The molecule has 0 amide bonds. The zero-order valence-corrected chi connectivity index (χ0v) is 16.6. The zero-order chi connectivity index (χ0) is 22.0. The molecule has 4 aromatic rings. The van der Waals surface area contributed by atoms with E-state index in [9.17, 15) is 20.2 Å². The van der Waals surface area contributed by atoms with Crippen LogP contribution in [0.2, 0.25) is 0 Å². The van der Waals surface area contributed by atoms with Crippen molar-refractivity contribution in [2.45, 2.75) is 19.4 Å². The van der Waals surface area contributed by atoms with Crippen LogP contribution in [0.4, 0.5) is 5.69 Å². The minimum absolute atomic E-state index is 0.0985. The maximum absolute atomic E-state index is 12.8. The number of benzene rings is 2. The first-order valence-electron chi connectivity index (χ1n) is 9.83. The van der Waals surface area contributed by atoms with Crippen molar-refractivity contribution in [1.82, 2.24) is 14.1 Å². The Kier molecular flexibility index (Phi) is 5.39. The Bertz CT molecular complexity index is 1370. The predicted octanol–water partition coefficient (Wildman–Crippen LogP) is 3.31. The Balaban J connectivity index is 1.97. The summed E-state index contributed by atoms with van der Waals surface area (Å²) < 4.78 is 3.40. The number of nitrogens with two attached hydrogens (primary N) is 1. The SMILES string of the molecule is N#Cc1[nH]c(=O)n(-c2cccc([N+](=O)[O-])c2)c1-c1cn(CCCCN)c2ccccc12. The third kappa shape index (κ3) is 3.60. The number of nitriles is 1. The molecule has 0 aliphatic heterocycles. The first-order valence-corrected chi connectivity index (χ1v) is 9.83. The van der Waals surface area contributed by atoms with Crippen LogP contribution in [0.3, 0.4) is 0 Å². The molecule has 0 spiro atoms. The number of H-pyrrole nitrogens is 1. The molecule has 31 heavy (non-hydrogen) atoms. The van der Waals surface area contributed by atoms with Crippen LogP contribution in [0.1, 0.15) is 18.5 Å². The Morgan fingerprint density at radius 2 is 1.97 bits per heavy atom. The number of aryl methyl sites for hydroxylation is 1. The molecule has 0 bridgehead atoms. The number of hydrogen-bond acceptors (Lipinski definition) is 5. The number of unbranched alkanes of at least 4 members (excludes halogenated alkanes) is 1. The number of nitro groups is 1. The van der Waals surface area contributed by atoms with Crippen LogP contribution < -0.4 is 11.4 Å². The second-order valence-corrected chi connectivity index (χ2v) is 7.13.